The van der Waals surface area contributed by atoms with Gasteiger partial charge in [0.05, 0.1) is 26.4 Å². The number of carbonyl (C=O) groups excluding carboxylic acids is 3. The third-order valence-corrected chi connectivity index (χ3v) is 13.0. The first-order valence-corrected chi connectivity index (χ1v) is 30.6. The molecule has 0 rings (SSSR count). The van der Waals surface area contributed by atoms with Gasteiger partial charge in [0.15, 0.2) is 6.10 Å². The van der Waals surface area contributed by atoms with Crippen LogP contribution >= 0.6 is 15.6 Å². The second-order valence-corrected chi connectivity index (χ2v) is 21.3. The second kappa shape index (κ2) is 50.1. The molecule has 0 saturated heterocycles. The molecule has 4 N–H and O–H groups in total. The molecular formula is C55H98O16P2. The summed E-state index contributed by atoms with van der Waals surface area (Å²) >= 11 is 0. The fraction of sp³-hybridized carbons (Fsp3) is 0.764. The fourth-order valence-electron chi connectivity index (χ4n) is 6.86. The van der Waals surface area contributed by atoms with E-state index in [1.54, 1.807) is 0 Å². The van der Waals surface area contributed by atoms with Crippen LogP contribution in [0.1, 0.15) is 213 Å². The topological polar surface area (TPSA) is 231 Å². The first kappa shape index (κ1) is 70.2. The van der Waals surface area contributed by atoms with Crippen molar-refractivity contribution in [2.75, 3.05) is 39.6 Å². The van der Waals surface area contributed by atoms with Crippen molar-refractivity contribution in [1.82, 2.24) is 0 Å². The zero-order chi connectivity index (χ0) is 53.9. The van der Waals surface area contributed by atoms with E-state index >= 15 is 0 Å². The average Bonchev–Trinajstić information content (AvgIpc) is 3.36. The molecular weight excluding hydrogens is 979 g/mol. The predicted molar refractivity (Wildman–Crippen MR) is 289 cm³/mol. The van der Waals surface area contributed by atoms with E-state index in [0.29, 0.717) is 19.3 Å². The summed E-state index contributed by atoms with van der Waals surface area (Å²) in [6.07, 6.45) is 44.6. The summed E-state index contributed by atoms with van der Waals surface area (Å²) in [5.74, 6) is -1.62. The number of esters is 3. The maximum absolute atomic E-state index is 12.8. The van der Waals surface area contributed by atoms with Crippen LogP contribution in [0.3, 0.4) is 0 Å². The quantitative estimate of drug-likeness (QED) is 0.0146. The summed E-state index contributed by atoms with van der Waals surface area (Å²) in [6.45, 7) is 2.41. The molecule has 16 nitrogen and oxygen atoms in total. The minimum absolute atomic E-state index is 0.0919. The van der Waals surface area contributed by atoms with Gasteiger partial charge >= 0.3 is 33.6 Å². The Hall–Kier alpha value is -2.75. The lowest BCUT2D eigenvalue weighted by Gasteiger charge is -2.21. The number of aliphatic hydroxyl groups is 2. The van der Waals surface area contributed by atoms with Crippen LogP contribution < -0.4 is 0 Å². The van der Waals surface area contributed by atoms with Gasteiger partial charge in [-0.1, -0.05) is 165 Å². The van der Waals surface area contributed by atoms with Gasteiger partial charge in [0.25, 0.3) is 0 Å². The van der Waals surface area contributed by atoms with Gasteiger partial charge in [0, 0.05) is 19.3 Å². The van der Waals surface area contributed by atoms with Gasteiger partial charge < -0.3 is 34.2 Å². The molecule has 0 aliphatic rings. The van der Waals surface area contributed by atoms with E-state index in [4.69, 9.17) is 32.3 Å². The molecule has 0 aromatic rings. The third kappa shape index (κ3) is 51.1. The Balaban J connectivity index is 4.72. The van der Waals surface area contributed by atoms with Gasteiger partial charge in [0.2, 0.25) is 0 Å². The molecule has 0 aliphatic carbocycles. The molecule has 0 radical (unpaired) electrons. The molecule has 0 amide bonds. The van der Waals surface area contributed by atoms with Gasteiger partial charge in [0.1, 0.15) is 25.4 Å². The van der Waals surface area contributed by atoms with Crippen molar-refractivity contribution in [3.05, 3.63) is 60.8 Å². The van der Waals surface area contributed by atoms with Gasteiger partial charge in [-0.25, -0.2) is 9.13 Å². The van der Waals surface area contributed by atoms with Gasteiger partial charge in [-0.2, -0.15) is 0 Å². The SMILES string of the molecule is CCC/C=C\C/C=C\CCCCCCCC(=O)OCC(O)COP(=O)(O)OCC(O)COP(=O)(O)OCC(COC(=O)CCCCCCC/C=C\C/C=C\CCC)OC(=O)CCCCCCC/C=C\CCCC. The smallest absolute Gasteiger partial charge is 0.463 e. The first-order valence-electron chi connectivity index (χ1n) is 27.6. The number of hydrogen-bond donors (Lipinski definition) is 4. The Morgan fingerprint density at radius 2 is 0.712 bits per heavy atom. The Labute approximate surface area is 440 Å². The van der Waals surface area contributed by atoms with E-state index in [1.165, 1.54) is 12.8 Å². The molecule has 0 bridgehead atoms. The highest BCUT2D eigenvalue weighted by Gasteiger charge is 2.29. The van der Waals surface area contributed by atoms with Crippen molar-refractivity contribution >= 4 is 33.6 Å². The molecule has 5 unspecified atom stereocenters. The monoisotopic (exact) mass is 1080 g/mol. The number of allylic oxidation sites excluding steroid dienone is 10. The minimum Gasteiger partial charge on any atom is -0.463 e. The highest BCUT2D eigenvalue weighted by atomic mass is 31.2. The molecule has 73 heavy (non-hydrogen) atoms. The lowest BCUT2D eigenvalue weighted by Crippen LogP contribution is -2.30. The van der Waals surface area contributed by atoms with E-state index in [0.717, 1.165) is 141 Å². The Morgan fingerprint density at radius 3 is 1.14 bits per heavy atom. The Morgan fingerprint density at radius 1 is 0.384 bits per heavy atom. The number of unbranched alkanes of at least 4 members (excludes halogenated alkanes) is 19. The summed E-state index contributed by atoms with van der Waals surface area (Å²) in [7, 11) is -9.75. The highest BCUT2D eigenvalue weighted by molar-refractivity contribution is 7.47. The van der Waals surface area contributed by atoms with Gasteiger partial charge in [-0.15, -0.1) is 0 Å². The predicted octanol–water partition coefficient (Wildman–Crippen LogP) is 13.5. The molecule has 0 fully saturated rings. The van der Waals surface area contributed by atoms with Crippen molar-refractivity contribution in [3.8, 4) is 0 Å². The molecule has 5 atom stereocenters. The number of phosphoric acid groups is 2. The third-order valence-electron chi connectivity index (χ3n) is 11.1. The van der Waals surface area contributed by atoms with Crippen molar-refractivity contribution in [3.63, 3.8) is 0 Å². The van der Waals surface area contributed by atoms with E-state index in [9.17, 15) is 43.5 Å². The maximum Gasteiger partial charge on any atom is 0.472 e. The number of hydrogen-bond acceptors (Lipinski definition) is 14. The number of carbonyl (C=O) groups is 3. The van der Waals surface area contributed by atoms with Gasteiger partial charge in [-0.05, 0) is 89.9 Å². The number of phosphoric ester groups is 2. The van der Waals surface area contributed by atoms with Crippen molar-refractivity contribution in [1.29, 1.82) is 0 Å². The zero-order valence-electron chi connectivity index (χ0n) is 45.0. The van der Waals surface area contributed by atoms with E-state index in [2.05, 4.69) is 81.5 Å². The number of rotatable bonds is 52. The highest BCUT2D eigenvalue weighted by Crippen LogP contribution is 2.45. The number of ether oxygens (including phenoxy) is 3. The molecule has 0 heterocycles. The summed E-state index contributed by atoms with van der Waals surface area (Å²) < 4.78 is 60.3. The Bertz CT molecular complexity index is 1600. The summed E-state index contributed by atoms with van der Waals surface area (Å²) in [6, 6.07) is 0. The molecule has 18 heteroatoms. The maximum atomic E-state index is 12.8. The van der Waals surface area contributed by atoms with Crippen LogP contribution in [0.2, 0.25) is 0 Å². The summed E-state index contributed by atoms with van der Waals surface area (Å²) in [5, 5.41) is 20.4. The molecule has 0 aliphatic heterocycles. The van der Waals surface area contributed by atoms with Crippen molar-refractivity contribution < 1.29 is 75.8 Å². The lowest BCUT2D eigenvalue weighted by atomic mass is 10.1. The molecule has 0 aromatic heterocycles. The largest absolute Gasteiger partial charge is 0.472 e. The van der Waals surface area contributed by atoms with Crippen molar-refractivity contribution in [2.45, 2.75) is 232 Å². The molecule has 424 valence electrons. The van der Waals surface area contributed by atoms with E-state index in [-0.39, 0.29) is 19.3 Å². The molecule has 0 aromatic carbocycles. The van der Waals surface area contributed by atoms with Crippen LogP contribution in [0.15, 0.2) is 60.8 Å². The van der Waals surface area contributed by atoms with Crippen LogP contribution in [-0.4, -0.2) is 95.9 Å². The Kier molecular flexibility index (Phi) is 48.2. The lowest BCUT2D eigenvalue weighted by molar-refractivity contribution is -0.161. The van der Waals surface area contributed by atoms with Crippen LogP contribution in [-0.2, 0) is 55.8 Å². The van der Waals surface area contributed by atoms with Gasteiger partial charge in [-0.3, -0.25) is 32.5 Å². The van der Waals surface area contributed by atoms with Crippen LogP contribution in [0.25, 0.3) is 0 Å². The summed E-state index contributed by atoms with van der Waals surface area (Å²) in [4.78, 5) is 57.8. The molecule has 0 spiro atoms. The van der Waals surface area contributed by atoms with Crippen LogP contribution in [0.4, 0.5) is 0 Å². The van der Waals surface area contributed by atoms with Crippen molar-refractivity contribution in [2.24, 2.45) is 0 Å². The minimum atomic E-state index is -4.91. The van der Waals surface area contributed by atoms with Crippen LogP contribution in [0, 0.1) is 0 Å². The normalized spacial score (nSPS) is 15.1. The van der Waals surface area contributed by atoms with E-state index < -0.39 is 91.5 Å². The molecule has 0 saturated carbocycles. The number of aliphatic hydroxyl groups excluding tert-OH is 2. The summed E-state index contributed by atoms with van der Waals surface area (Å²) in [5.41, 5.74) is 0. The second-order valence-electron chi connectivity index (χ2n) is 18.4. The average molecular weight is 1080 g/mol. The van der Waals surface area contributed by atoms with E-state index in [1.807, 2.05) is 0 Å². The van der Waals surface area contributed by atoms with Crippen LogP contribution in [0.5, 0.6) is 0 Å². The first-order chi connectivity index (χ1) is 35.2. The fourth-order valence-corrected chi connectivity index (χ4v) is 8.44. The zero-order valence-corrected chi connectivity index (χ0v) is 46.8. The standard InChI is InChI=1S/C55H98O16P2/c1-4-7-10-13-16-19-22-24-27-29-32-35-38-41-53(58)65-44-50(56)45-67-72(61,62)68-46-51(57)47-69-73(63,64)70-49-52(71-55(60)43-40-37-34-31-26-21-18-15-12-9-6-3)48-66-54(59)42-39-36-33-30-28-25-23-20-17-14-11-8-5-2/h10-11,13-15,18-20,22-23,50-52,56-57H,4-9,12,16-17,21,24-49H2,1-3H3,(H,61,62)(H,63,64)/b13-10-,14-11-,18-15-,22-19-,23-20-.